The van der Waals surface area contributed by atoms with Crippen molar-refractivity contribution in [1.82, 2.24) is 10.6 Å². The topological polar surface area (TPSA) is 179 Å². The Morgan fingerprint density at radius 3 is 1.88 bits per heavy atom. The van der Waals surface area contributed by atoms with Crippen molar-refractivity contribution in [2.24, 2.45) is 10.9 Å². The number of guanidine groups is 1. The number of alkyl carbamates (subject to hydrolysis) is 2. The highest BCUT2D eigenvalue weighted by Gasteiger charge is 2.22. The smallest absolute Gasteiger partial charge is 0.414 e. The van der Waals surface area contributed by atoms with E-state index in [0.717, 1.165) is 5.56 Å². The van der Waals surface area contributed by atoms with Crippen LogP contribution in [0.3, 0.4) is 0 Å². The number of nitrogens with zero attached hydrogens (tertiary/aromatic N) is 1. The quantitative estimate of drug-likeness (QED) is 0.0538. The summed E-state index contributed by atoms with van der Waals surface area (Å²) in [4.78, 5) is 66.2. The number of carbonyl (C=O) groups excluding carboxylic acids is 4. The molecule has 3 N–H and O–H groups in total. The number of benzene rings is 3. The number of carboxylic acids is 1. The minimum atomic E-state index is -1.15. The van der Waals surface area contributed by atoms with Crippen LogP contribution >= 0.6 is 11.6 Å². The molecule has 0 radical (unpaired) electrons. The number of carboxylic acid groups (broad SMARTS) is 1. The van der Waals surface area contributed by atoms with E-state index in [0.29, 0.717) is 11.3 Å². The van der Waals surface area contributed by atoms with Crippen molar-refractivity contribution >= 4 is 53.2 Å². The molecule has 52 heavy (non-hydrogen) atoms. The second-order valence-electron chi connectivity index (χ2n) is 13.2. The summed E-state index contributed by atoms with van der Waals surface area (Å²) in [6, 6.07) is 17.0. The van der Waals surface area contributed by atoms with Crippen molar-refractivity contribution in [2.75, 3.05) is 7.11 Å². The maximum Gasteiger partial charge on any atom is 0.414 e. The van der Waals surface area contributed by atoms with E-state index in [4.69, 9.17) is 30.5 Å². The first-order chi connectivity index (χ1) is 24.3. The van der Waals surface area contributed by atoms with Gasteiger partial charge in [-0.05, 0) is 114 Å². The van der Waals surface area contributed by atoms with E-state index in [1.54, 1.807) is 65.8 Å². The molecule has 0 saturated heterocycles. The van der Waals surface area contributed by atoms with Gasteiger partial charge in [0.25, 0.3) is 0 Å². The number of hydrogen-bond acceptors (Lipinski definition) is 10. The van der Waals surface area contributed by atoms with E-state index in [2.05, 4.69) is 27.5 Å². The SMILES string of the molecule is COc1ccc(C[C@H](C#CC(=O)Cc2ccc(OC(=O)c3ccc(N=C(NC(=O)OC(C)(C)C)NC(=O)OC(C)(C)C)cc3)cc2Cl)C(=O)O)cc1. The molecule has 0 aromatic heterocycles. The third-order valence-electron chi connectivity index (χ3n) is 6.45. The summed E-state index contributed by atoms with van der Waals surface area (Å²) >= 11 is 6.37. The number of hydrogen-bond donors (Lipinski definition) is 3. The van der Waals surface area contributed by atoms with Crippen LogP contribution in [0.25, 0.3) is 0 Å². The van der Waals surface area contributed by atoms with E-state index in [-0.39, 0.29) is 40.8 Å². The summed E-state index contributed by atoms with van der Waals surface area (Å²) in [5, 5.41) is 14.5. The molecular formula is C38H40ClN3O10. The first kappa shape index (κ1) is 40.6. The molecular weight excluding hydrogens is 694 g/mol. The lowest BCUT2D eigenvalue weighted by atomic mass is 9.99. The fraction of sp³-hybridized carbons (Fsp3) is 0.316. The van der Waals surface area contributed by atoms with E-state index < -0.39 is 47.0 Å². The van der Waals surface area contributed by atoms with E-state index in [1.807, 2.05) is 0 Å². The zero-order chi connectivity index (χ0) is 38.6. The van der Waals surface area contributed by atoms with Crippen molar-refractivity contribution < 1.29 is 48.0 Å². The molecule has 0 aliphatic carbocycles. The van der Waals surface area contributed by atoms with Crippen LogP contribution < -0.4 is 20.1 Å². The Kier molecular flexibility index (Phi) is 13.9. The van der Waals surface area contributed by atoms with Crippen LogP contribution in [0.2, 0.25) is 5.02 Å². The molecule has 0 heterocycles. The molecule has 0 unspecified atom stereocenters. The second kappa shape index (κ2) is 17.9. The molecule has 3 rings (SSSR count). The van der Waals surface area contributed by atoms with E-state index in [9.17, 15) is 29.1 Å². The summed E-state index contributed by atoms with van der Waals surface area (Å²) in [5.74, 6) is 1.89. The van der Waals surface area contributed by atoms with Crippen molar-refractivity contribution in [1.29, 1.82) is 0 Å². The Bertz CT molecular complexity index is 1850. The number of ketones is 1. The van der Waals surface area contributed by atoms with Gasteiger partial charge < -0.3 is 24.1 Å². The predicted octanol–water partition coefficient (Wildman–Crippen LogP) is 6.66. The molecule has 0 bridgehead atoms. The van der Waals surface area contributed by atoms with Crippen LogP contribution in [-0.2, 0) is 31.9 Å². The minimum absolute atomic E-state index is 0.105. The van der Waals surface area contributed by atoms with Gasteiger partial charge in [-0.15, -0.1) is 0 Å². The van der Waals surface area contributed by atoms with Gasteiger partial charge >= 0.3 is 24.1 Å². The average Bonchev–Trinajstić information content (AvgIpc) is 3.03. The highest BCUT2D eigenvalue weighted by atomic mass is 35.5. The number of carbonyl (C=O) groups is 5. The maximum atomic E-state index is 12.9. The Labute approximate surface area is 306 Å². The van der Waals surface area contributed by atoms with Crippen LogP contribution in [0.1, 0.15) is 63.0 Å². The van der Waals surface area contributed by atoms with Gasteiger partial charge in [0.1, 0.15) is 28.6 Å². The largest absolute Gasteiger partial charge is 0.497 e. The first-order valence-electron chi connectivity index (χ1n) is 15.9. The maximum absolute atomic E-state index is 12.9. The van der Waals surface area contributed by atoms with Crippen LogP contribution in [0.15, 0.2) is 71.7 Å². The number of esters is 1. The standard InChI is InChI=1S/C38H40ClN3O10/c1-37(2,3)51-35(47)41-34(42-36(48)52-38(4,5)6)40-27-14-10-24(11-15-27)33(46)50-30-19-13-25(31(39)22-30)21-28(43)16-12-26(32(44)45)20-23-8-17-29(49-7)18-9-23/h8-11,13-15,17-19,22,26H,20-21H2,1-7H3,(H,44,45)(H2,40,41,42,47,48)/t26-/m0/s1. The number of nitrogens with one attached hydrogen (secondary N) is 2. The Morgan fingerprint density at radius 2 is 1.38 bits per heavy atom. The van der Waals surface area contributed by atoms with Crippen LogP contribution in [0.4, 0.5) is 15.3 Å². The van der Waals surface area contributed by atoms with Gasteiger partial charge in [-0.2, -0.15) is 0 Å². The van der Waals surface area contributed by atoms with Gasteiger partial charge in [-0.25, -0.2) is 19.4 Å². The van der Waals surface area contributed by atoms with Crippen LogP contribution in [-0.4, -0.2) is 59.3 Å². The number of aliphatic imine (C=N–C) groups is 1. The summed E-state index contributed by atoms with van der Waals surface area (Å²) in [6.07, 6.45) is -1.81. The van der Waals surface area contributed by atoms with Crippen molar-refractivity contribution in [2.45, 2.75) is 65.6 Å². The highest BCUT2D eigenvalue weighted by Crippen LogP contribution is 2.25. The van der Waals surface area contributed by atoms with Crippen molar-refractivity contribution in [3.63, 3.8) is 0 Å². The van der Waals surface area contributed by atoms with Crippen molar-refractivity contribution in [3.8, 4) is 23.3 Å². The number of methoxy groups -OCH3 is 1. The summed E-state index contributed by atoms with van der Waals surface area (Å²) < 4.78 is 21.0. The molecule has 274 valence electrons. The molecule has 13 nitrogen and oxygen atoms in total. The number of rotatable bonds is 9. The van der Waals surface area contributed by atoms with E-state index >= 15 is 0 Å². The molecule has 1 atom stereocenters. The zero-order valence-corrected chi connectivity index (χ0v) is 30.5. The predicted molar refractivity (Wildman–Crippen MR) is 193 cm³/mol. The average molecular weight is 734 g/mol. The third-order valence-corrected chi connectivity index (χ3v) is 6.80. The third kappa shape index (κ3) is 14.2. The number of ether oxygens (including phenoxy) is 4. The lowest BCUT2D eigenvalue weighted by molar-refractivity contribution is -0.139. The minimum Gasteiger partial charge on any atom is -0.497 e. The summed E-state index contributed by atoms with van der Waals surface area (Å²) in [6.45, 7) is 10.1. The Balaban J connectivity index is 1.66. The van der Waals surface area contributed by atoms with Gasteiger partial charge in [0.05, 0.1) is 18.4 Å². The Hall–Kier alpha value is -5.87. The molecule has 2 amide bonds. The molecule has 14 heteroatoms. The van der Waals surface area contributed by atoms with Gasteiger partial charge in [0.15, 0.2) is 0 Å². The van der Waals surface area contributed by atoms with Gasteiger partial charge in [-0.1, -0.05) is 35.7 Å². The second-order valence-corrected chi connectivity index (χ2v) is 13.6. The normalized spacial score (nSPS) is 11.5. The van der Waals surface area contributed by atoms with Crippen LogP contribution in [0.5, 0.6) is 11.5 Å². The molecule has 0 aliphatic heterocycles. The molecule has 3 aromatic rings. The van der Waals surface area contributed by atoms with E-state index in [1.165, 1.54) is 49.6 Å². The fourth-order valence-corrected chi connectivity index (χ4v) is 4.41. The highest BCUT2D eigenvalue weighted by molar-refractivity contribution is 6.31. The van der Waals surface area contributed by atoms with Gasteiger partial charge in [-0.3, -0.25) is 20.2 Å². The number of amides is 2. The van der Waals surface area contributed by atoms with Crippen LogP contribution in [0, 0.1) is 17.8 Å². The number of halogens is 1. The summed E-state index contributed by atoms with van der Waals surface area (Å²) in [5.41, 5.74) is -0.0929. The number of Topliss-reactive ketones (excluding diaryl/α,β-unsaturated/α-hetero) is 1. The first-order valence-corrected chi connectivity index (χ1v) is 16.3. The summed E-state index contributed by atoms with van der Waals surface area (Å²) in [7, 11) is 1.53. The monoisotopic (exact) mass is 733 g/mol. The zero-order valence-electron chi connectivity index (χ0n) is 29.8. The van der Waals surface area contributed by atoms with Gasteiger partial charge in [0.2, 0.25) is 11.7 Å². The lowest BCUT2D eigenvalue weighted by Gasteiger charge is -2.22. The Morgan fingerprint density at radius 1 is 0.827 bits per heavy atom. The molecule has 0 spiro atoms. The van der Waals surface area contributed by atoms with Gasteiger partial charge in [0, 0.05) is 11.4 Å². The molecule has 3 aromatic carbocycles. The fourth-order valence-electron chi connectivity index (χ4n) is 4.17. The molecule has 0 aliphatic rings. The molecule has 0 saturated carbocycles. The molecule has 0 fully saturated rings. The van der Waals surface area contributed by atoms with Crippen molar-refractivity contribution in [3.05, 3.63) is 88.4 Å². The lowest BCUT2D eigenvalue weighted by Crippen LogP contribution is -2.47. The number of aliphatic carboxylic acids is 1.